The molecule has 1 aliphatic carbocycles. The second kappa shape index (κ2) is 9.22. The Morgan fingerprint density at radius 3 is 2.75 bits per heavy atom. The van der Waals surface area contributed by atoms with E-state index in [9.17, 15) is 24.6 Å². The first-order chi connectivity index (χ1) is 17.3. The number of fused-ring (bicyclic) bond motifs is 1. The van der Waals surface area contributed by atoms with Gasteiger partial charge in [0.25, 0.3) is 5.91 Å². The van der Waals surface area contributed by atoms with Gasteiger partial charge in [0.2, 0.25) is 0 Å². The molecule has 8 nitrogen and oxygen atoms in total. The molecule has 1 amide bonds. The SMILES string of the molecule is CC1=NN(c2ccc(Cl)c(C(=O)O)c2)C(=O)/C1=C\c1ccc(-c2ccc3c(c2)C(=O)C(CO)CC3)o1. The molecule has 5 rings (SSSR count). The number of aryl methyl sites for hydroxylation is 1. The van der Waals surface area contributed by atoms with Gasteiger partial charge in [-0.2, -0.15) is 10.1 Å². The molecule has 3 aromatic rings. The molecule has 1 aliphatic heterocycles. The van der Waals surface area contributed by atoms with Crippen molar-refractivity contribution in [1.82, 2.24) is 0 Å². The molecule has 0 spiro atoms. The van der Waals surface area contributed by atoms with Gasteiger partial charge in [-0.25, -0.2) is 4.79 Å². The molecular weight excluding hydrogens is 484 g/mol. The Morgan fingerprint density at radius 2 is 2.00 bits per heavy atom. The van der Waals surface area contributed by atoms with Crippen molar-refractivity contribution in [3.8, 4) is 11.3 Å². The number of Topliss-reactive ketones (excluding diaryl/α,β-unsaturated/α-hetero) is 1. The number of carbonyl (C=O) groups excluding carboxylic acids is 2. The van der Waals surface area contributed by atoms with Crippen molar-refractivity contribution in [1.29, 1.82) is 0 Å². The van der Waals surface area contributed by atoms with Gasteiger partial charge in [-0.3, -0.25) is 9.59 Å². The Kier molecular flexibility index (Phi) is 6.07. The maximum absolute atomic E-state index is 13.1. The van der Waals surface area contributed by atoms with E-state index in [1.54, 1.807) is 31.2 Å². The van der Waals surface area contributed by atoms with E-state index in [0.29, 0.717) is 34.8 Å². The van der Waals surface area contributed by atoms with Crippen LogP contribution in [0.25, 0.3) is 17.4 Å². The summed E-state index contributed by atoms with van der Waals surface area (Å²) in [6, 6.07) is 13.3. The fourth-order valence-electron chi connectivity index (χ4n) is 4.43. The summed E-state index contributed by atoms with van der Waals surface area (Å²) in [7, 11) is 0. The van der Waals surface area contributed by atoms with Crippen LogP contribution in [-0.2, 0) is 11.2 Å². The molecule has 2 aromatic carbocycles. The van der Waals surface area contributed by atoms with Gasteiger partial charge in [-0.05, 0) is 67.8 Å². The fourth-order valence-corrected chi connectivity index (χ4v) is 4.63. The van der Waals surface area contributed by atoms with Crippen molar-refractivity contribution in [2.45, 2.75) is 19.8 Å². The molecule has 1 aromatic heterocycles. The van der Waals surface area contributed by atoms with Gasteiger partial charge in [0.05, 0.1) is 34.2 Å². The molecule has 36 heavy (non-hydrogen) atoms. The van der Waals surface area contributed by atoms with Gasteiger partial charge in [-0.15, -0.1) is 0 Å². The lowest BCUT2D eigenvalue weighted by molar-refractivity contribution is -0.114. The summed E-state index contributed by atoms with van der Waals surface area (Å²) < 4.78 is 5.96. The maximum atomic E-state index is 13.1. The Hall–Kier alpha value is -4.01. The van der Waals surface area contributed by atoms with Gasteiger partial charge >= 0.3 is 5.97 Å². The number of halogens is 1. The summed E-state index contributed by atoms with van der Waals surface area (Å²) in [4.78, 5) is 37.2. The topological polar surface area (TPSA) is 120 Å². The summed E-state index contributed by atoms with van der Waals surface area (Å²) in [5.74, 6) is -1.13. The van der Waals surface area contributed by atoms with Crippen LogP contribution in [0.15, 0.2) is 63.6 Å². The Morgan fingerprint density at radius 1 is 1.19 bits per heavy atom. The van der Waals surface area contributed by atoms with Gasteiger partial charge in [0.15, 0.2) is 5.78 Å². The predicted octanol–water partition coefficient (Wildman–Crippen LogP) is 4.84. The quantitative estimate of drug-likeness (QED) is 0.479. The van der Waals surface area contributed by atoms with Crippen LogP contribution in [0.5, 0.6) is 0 Å². The average molecular weight is 505 g/mol. The maximum Gasteiger partial charge on any atom is 0.337 e. The highest BCUT2D eigenvalue weighted by Crippen LogP contribution is 2.32. The van der Waals surface area contributed by atoms with Crippen LogP contribution in [0.1, 0.15) is 45.4 Å². The van der Waals surface area contributed by atoms with E-state index in [-0.39, 0.29) is 34.6 Å². The summed E-state index contributed by atoms with van der Waals surface area (Å²) in [6.45, 7) is 1.51. The zero-order valence-corrected chi connectivity index (χ0v) is 20.0. The lowest BCUT2D eigenvalue weighted by atomic mass is 9.82. The molecule has 2 N–H and O–H groups in total. The molecule has 0 radical (unpaired) electrons. The van der Waals surface area contributed by atoms with Crippen LogP contribution in [0, 0.1) is 5.92 Å². The second-order valence-corrected chi connectivity index (χ2v) is 9.09. The highest BCUT2D eigenvalue weighted by molar-refractivity contribution is 6.34. The molecule has 182 valence electrons. The summed E-state index contributed by atoms with van der Waals surface area (Å²) >= 11 is 5.94. The minimum Gasteiger partial charge on any atom is -0.478 e. The Labute approximate surface area is 211 Å². The zero-order valence-electron chi connectivity index (χ0n) is 19.2. The minimum absolute atomic E-state index is 0.0632. The number of benzene rings is 2. The van der Waals surface area contributed by atoms with Crippen molar-refractivity contribution < 1.29 is 29.0 Å². The number of hydrogen-bond donors (Lipinski definition) is 2. The molecule has 9 heteroatoms. The standard InChI is InChI=1S/C27H21ClN2O6/c1-14-20(26(33)30(29-14)18-6-8-23(28)22(11-18)27(34)35)12-19-7-9-24(36-19)16-4-2-15-3-5-17(13-31)25(32)21(15)10-16/h2,4,6-12,17,31H,3,5,13H2,1H3,(H,34,35)/b20-12-. The van der Waals surface area contributed by atoms with Crippen molar-refractivity contribution in [2.75, 3.05) is 11.6 Å². The van der Waals surface area contributed by atoms with Gasteiger partial charge in [0, 0.05) is 17.0 Å². The smallest absolute Gasteiger partial charge is 0.337 e. The summed E-state index contributed by atoms with van der Waals surface area (Å²) in [6.07, 6.45) is 2.95. The number of aromatic carboxylic acids is 1. The van der Waals surface area contributed by atoms with E-state index < -0.39 is 11.9 Å². The number of amides is 1. The highest BCUT2D eigenvalue weighted by atomic mass is 35.5. The van der Waals surface area contributed by atoms with Crippen LogP contribution >= 0.6 is 11.6 Å². The van der Waals surface area contributed by atoms with Crippen LogP contribution < -0.4 is 5.01 Å². The molecule has 0 saturated carbocycles. The molecule has 1 atom stereocenters. The third kappa shape index (κ3) is 4.14. The predicted molar refractivity (Wildman–Crippen MR) is 134 cm³/mol. The van der Waals surface area contributed by atoms with E-state index >= 15 is 0 Å². The van der Waals surface area contributed by atoms with E-state index in [1.165, 1.54) is 18.2 Å². The summed E-state index contributed by atoms with van der Waals surface area (Å²) in [5.41, 5.74) is 3.17. The third-order valence-electron chi connectivity index (χ3n) is 6.41. The number of carbonyl (C=O) groups is 3. The van der Waals surface area contributed by atoms with Gasteiger partial charge in [0.1, 0.15) is 11.5 Å². The number of nitrogens with zero attached hydrogens (tertiary/aromatic N) is 2. The first-order valence-electron chi connectivity index (χ1n) is 11.3. The number of hydrazone groups is 1. The summed E-state index contributed by atoms with van der Waals surface area (Å²) in [5, 5.41) is 24.3. The monoisotopic (exact) mass is 504 g/mol. The number of ketones is 1. The molecule has 2 heterocycles. The van der Waals surface area contributed by atoms with Gasteiger partial charge in [-0.1, -0.05) is 23.7 Å². The molecule has 1 unspecified atom stereocenters. The van der Waals surface area contributed by atoms with Crippen LogP contribution in [-0.4, -0.2) is 40.2 Å². The molecular formula is C27H21ClN2O6. The number of carboxylic acid groups (broad SMARTS) is 1. The number of anilines is 1. The van der Waals surface area contributed by atoms with E-state index in [2.05, 4.69) is 5.10 Å². The first-order valence-corrected chi connectivity index (χ1v) is 11.7. The highest BCUT2D eigenvalue weighted by Gasteiger charge is 2.30. The van der Waals surface area contributed by atoms with Crippen LogP contribution in [0.3, 0.4) is 0 Å². The number of rotatable bonds is 5. The number of aliphatic hydroxyl groups is 1. The minimum atomic E-state index is -1.20. The fraction of sp³-hybridized carbons (Fsp3) is 0.185. The third-order valence-corrected chi connectivity index (χ3v) is 6.74. The van der Waals surface area contributed by atoms with Crippen molar-refractivity contribution >= 4 is 46.7 Å². The lowest BCUT2D eigenvalue weighted by Crippen LogP contribution is -2.25. The lowest BCUT2D eigenvalue weighted by Gasteiger charge is -2.22. The zero-order chi connectivity index (χ0) is 25.6. The normalized spacial score (nSPS) is 18.5. The van der Waals surface area contributed by atoms with E-state index in [1.807, 2.05) is 12.1 Å². The molecule has 2 aliphatic rings. The molecule has 0 bridgehead atoms. The largest absolute Gasteiger partial charge is 0.478 e. The average Bonchev–Trinajstić information content (AvgIpc) is 3.45. The van der Waals surface area contributed by atoms with Crippen molar-refractivity contribution in [3.05, 3.63) is 81.6 Å². The Balaban J connectivity index is 1.41. The van der Waals surface area contributed by atoms with Crippen molar-refractivity contribution in [3.63, 3.8) is 0 Å². The number of furan rings is 1. The number of hydrogen-bond acceptors (Lipinski definition) is 6. The van der Waals surface area contributed by atoms with Crippen LogP contribution in [0.4, 0.5) is 5.69 Å². The van der Waals surface area contributed by atoms with Crippen LogP contribution in [0.2, 0.25) is 5.02 Å². The Bertz CT molecular complexity index is 1490. The second-order valence-electron chi connectivity index (χ2n) is 8.69. The number of aliphatic hydroxyl groups excluding tert-OH is 1. The first kappa shape index (κ1) is 23.7. The molecule has 0 saturated heterocycles. The van der Waals surface area contributed by atoms with E-state index in [0.717, 1.165) is 22.6 Å². The molecule has 0 fully saturated rings. The van der Waals surface area contributed by atoms with Gasteiger partial charge < -0.3 is 14.6 Å². The van der Waals surface area contributed by atoms with Crippen molar-refractivity contribution in [2.24, 2.45) is 11.0 Å². The number of carboxylic acids is 1. The van der Waals surface area contributed by atoms with E-state index in [4.69, 9.17) is 16.0 Å².